The van der Waals surface area contributed by atoms with Gasteiger partial charge >= 0.3 is 0 Å². The highest BCUT2D eigenvalue weighted by atomic mass is 16.5. The number of rotatable bonds is 3. The van der Waals surface area contributed by atoms with Crippen molar-refractivity contribution in [2.45, 2.75) is 53.1 Å². The molecule has 25 heavy (non-hydrogen) atoms. The third-order valence-electron chi connectivity index (χ3n) is 4.60. The molecule has 0 spiro atoms. The molecule has 0 aliphatic carbocycles. The highest BCUT2D eigenvalue weighted by Gasteiger charge is 2.27. The van der Waals surface area contributed by atoms with Gasteiger partial charge in [-0.05, 0) is 46.2 Å². The van der Waals surface area contributed by atoms with Crippen LogP contribution < -0.4 is 4.74 Å². The normalized spacial score (nSPS) is 14.4. The van der Waals surface area contributed by atoms with Gasteiger partial charge in [-0.1, -0.05) is 17.7 Å². The first-order valence-corrected chi connectivity index (χ1v) is 8.80. The van der Waals surface area contributed by atoms with Crippen molar-refractivity contribution < 1.29 is 9.53 Å². The zero-order valence-electron chi connectivity index (χ0n) is 15.8. The van der Waals surface area contributed by atoms with Crippen LogP contribution in [0.2, 0.25) is 0 Å². The molecule has 5 heteroatoms. The van der Waals surface area contributed by atoms with Gasteiger partial charge in [-0.3, -0.25) is 9.48 Å². The van der Waals surface area contributed by atoms with Crippen LogP contribution >= 0.6 is 0 Å². The van der Waals surface area contributed by atoms with Gasteiger partial charge in [0.15, 0.2) is 6.61 Å². The SMILES string of the molecule is Cc1ccc(OCC(=O)N2CCc3c(cnn3C(C)(C)C)C2)c(C)c1. The van der Waals surface area contributed by atoms with Gasteiger partial charge < -0.3 is 9.64 Å². The number of carbonyl (C=O) groups is 1. The minimum Gasteiger partial charge on any atom is -0.484 e. The van der Waals surface area contributed by atoms with Gasteiger partial charge in [-0.15, -0.1) is 0 Å². The van der Waals surface area contributed by atoms with Gasteiger partial charge in [0.2, 0.25) is 0 Å². The predicted molar refractivity (Wildman–Crippen MR) is 97.8 cm³/mol. The minimum absolute atomic E-state index is 0.0223. The van der Waals surface area contributed by atoms with Crippen LogP contribution in [-0.2, 0) is 23.3 Å². The highest BCUT2D eigenvalue weighted by molar-refractivity contribution is 5.78. The molecule has 1 aromatic carbocycles. The summed E-state index contributed by atoms with van der Waals surface area (Å²) in [5.41, 5.74) is 4.59. The molecule has 0 radical (unpaired) electrons. The molecular formula is C20H27N3O2. The van der Waals surface area contributed by atoms with E-state index in [0.717, 1.165) is 23.3 Å². The molecule has 2 heterocycles. The number of hydrogen-bond acceptors (Lipinski definition) is 3. The van der Waals surface area contributed by atoms with Crippen LogP contribution in [-0.4, -0.2) is 33.7 Å². The second-order valence-corrected chi connectivity index (χ2v) is 7.82. The van der Waals surface area contributed by atoms with Gasteiger partial charge in [0, 0.05) is 30.8 Å². The van der Waals surface area contributed by atoms with Gasteiger partial charge in [0.1, 0.15) is 5.75 Å². The van der Waals surface area contributed by atoms with Gasteiger partial charge in [-0.25, -0.2) is 0 Å². The Morgan fingerprint density at radius 1 is 1.28 bits per heavy atom. The number of benzene rings is 1. The molecule has 1 aromatic heterocycles. The molecule has 1 aliphatic rings. The average molecular weight is 341 g/mol. The molecule has 0 unspecified atom stereocenters. The number of aryl methyl sites for hydroxylation is 2. The predicted octanol–water partition coefficient (Wildman–Crippen LogP) is 3.22. The lowest BCUT2D eigenvalue weighted by molar-refractivity contribution is -0.134. The molecule has 0 atom stereocenters. The smallest absolute Gasteiger partial charge is 0.260 e. The Morgan fingerprint density at radius 2 is 2.04 bits per heavy atom. The van der Waals surface area contributed by atoms with Crippen LogP contribution in [0.5, 0.6) is 5.75 Å². The van der Waals surface area contributed by atoms with E-state index < -0.39 is 0 Å². The van der Waals surface area contributed by atoms with Crippen molar-refractivity contribution in [3.05, 3.63) is 46.8 Å². The number of hydrogen-bond donors (Lipinski definition) is 0. The van der Waals surface area contributed by atoms with E-state index in [1.54, 1.807) is 0 Å². The van der Waals surface area contributed by atoms with E-state index in [-0.39, 0.29) is 18.1 Å². The van der Waals surface area contributed by atoms with E-state index in [0.29, 0.717) is 13.1 Å². The van der Waals surface area contributed by atoms with E-state index >= 15 is 0 Å². The van der Waals surface area contributed by atoms with Crippen molar-refractivity contribution in [3.63, 3.8) is 0 Å². The second-order valence-electron chi connectivity index (χ2n) is 7.82. The lowest BCUT2D eigenvalue weighted by Gasteiger charge is -2.30. The molecule has 0 N–H and O–H groups in total. The van der Waals surface area contributed by atoms with Crippen molar-refractivity contribution in [3.8, 4) is 5.75 Å². The highest BCUT2D eigenvalue weighted by Crippen LogP contribution is 2.25. The van der Waals surface area contributed by atoms with E-state index in [4.69, 9.17) is 4.74 Å². The Balaban J connectivity index is 1.64. The Hall–Kier alpha value is -2.30. The maximum Gasteiger partial charge on any atom is 0.260 e. The van der Waals surface area contributed by atoms with Crippen molar-refractivity contribution in [2.24, 2.45) is 0 Å². The average Bonchev–Trinajstić information content (AvgIpc) is 2.97. The van der Waals surface area contributed by atoms with Crippen molar-refractivity contribution in [1.29, 1.82) is 0 Å². The fourth-order valence-electron chi connectivity index (χ4n) is 3.31. The molecule has 0 saturated carbocycles. The Labute approximate surface area is 149 Å². The molecule has 134 valence electrons. The standard InChI is InChI=1S/C20H27N3O2/c1-14-6-7-18(15(2)10-14)25-13-19(24)22-9-8-17-16(12-22)11-21-23(17)20(3,4)5/h6-7,10-11H,8-9,12-13H2,1-5H3. The zero-order chi connectivity index (χ0) is 18.2. The Bertz CT molecular complexity index is 787. The van der Waals surface area contributed by atoms with Gasteiger partial charge in [0.25, 0.3) is 5.91 Å². The summed E-state index contributed by atoms with van der Waals surface area (Å²) in [7, 11) is 0. The summed E-state index contributed by atoms with van der Waals surface area (Å²) in [5.74, 6) is 0.798. The fourth-order valence-corrected chi connectivity index (χ4v) is 3.31. The third kappa shape index (κ3) is 3.70. The largest absolute Gasteiger partial charge is 0.484 e. The summed E-state index contributed by atoms with van der Waals surface area (Å²) in [6, 6.07) is 5.99. The van der Waals surface area contributed by atoms with Crippen LogP contribution in [0.15, 0.2) is 24.4 Å². The van der Waals surface area contributed by atoms with Crippen molar-refractivity contribution >= 4 is 5.91 Å². The quantitative estimate of drug-likeness (QED) is 0.861. The lowest BCUT2D eigenvalue weighted by Crippen LogP contribution is -2.40. The van der Waals surface area contributed by atoms with E-state index in [9.17, 15) is 4.79 Å². The van der Waals surface area contributed by atoms with Gasteiger partial charge in [-0.2, -0.15) is 5.10 Å². The van der Waals surface area contributed by atoms with Crippen LogP contribution in [0.25, 0.3) is 0 Å². The maximum atomic E-state index is 12.5. The van der Waals surface area contributed by atoms with Crippen molar-refractivity contribution in [1.82, 2.24) is 14.7 Å². The minimum atomic E-state index is -0.0359. The fraction of sp³-hybridized carbons (Fsp3) is 0.500. The number of amides is 1. The number of nitrogens with zero attached hydrogens (tertiary/aromatic N) is 3. The molecule has 0 saturated heterocycles. The van der Waals surface area contributed by atoms with E-state index in [1.807, 2.05) is 37.1 Å². The molecule has 5 nitrogen and oxygen atoms in total. The molecule has 2 aromatic rings. The van der Waals surface area contributed by atoms with E-state index in [2.05, 4.69) is 36.6 Å². The molecule has 1 aliphatic heterocycles. The van der Waals surface area contributed by atoms with Crippen LogP contribution in [0.4, 0.5) is 0 Å². The maximum absolute atomic E-state index is 12.5. The molecule has 0 fully saturated rings. The number of fused-ring (bicyclic) bond motifs is 1. The second kappa shape index (κ2) is 6.54. The van der Waals surface area contributed by atoms with Gasteiger partial charge in [0.05, 0.1) is 11.7 Å². The van der Waals surface area contributed by atoms with Crippen LogP contribution in [0.1, 0.15) is 43.2 Å². The summed E-state index contributed by atoms with van der Waals surface area (Å²) in [4.78, 5) is 14.4. The molecule has 3 rings (SSSR count). The summed E-state index contributed by atoms with van der Waals surface area (Å²) in [5, 5.41) is 4.52. The summed E-state index contributed by atoms with van der Waals surface area (Å²) in [6.45, 7) is 11.9. The van der Waals surface area contributed by atoms with E-state index in [1.165, 1.54) is 11.3 Å². The van der Waals surface area contributed by atoms with Crippen molar-refractivity contribution in [2.75, 3.05) is 13.2 Å². The first-order chi connectivity index (χ1) is 11.8. The Kier molecular flexibility index (Phi) is 4.58. The molecule has 1 amide bonds. The number of aromatic nitrogens is 2. The number of carbonyl (C=O) groups excluding carboxylic acids is 1. The summed E-state index contributed by atoms with van der Waals surface area (Å²) < 4.78 is 7.82. The van der Waals surface area contributed by atoms with Crippen LogP contribution in [0.3, 0.4) is 0 Å². The summed E-state index contributed by atoms with van der Waals surface area (Å²) in [6.07, 6.45) is 2.73. The zero-order valence-corrected chi connectivity index (χ0v) is 15.8. The Morgan fingerprint density at radius 3 is 2.72 bits per heavy atom. The third-order valence-corrected chi connectivity index (χ3v) is 4.60. The van der Waals surface area contributed by atoms with Crippen LogP contribution in [0, 0.1) is 13.8 Å². The lowest BCUT2D eigenvalue weighted by atomic mass is 10.0. The molecule has 0 bridgehead atoms. The number of ether oxygens (including phenoxy) is 1. The monoisotopic (exact) mass is 341 g/mol. The topological polar surface area (TPSA) is 47.4 Å². The summed E-state index contributed by atoms with van der Waals surface area (Å²) >= 11 is 0. The molecular weight excluding hydrogens is 314 g/mol. The first-order valence-electron chi connectivity index (χ1n) is 8.80. The first kappa shape index (κ1) is 17.5.